The average Bonchev–Trinajstić information content (AvgIpc) is 2.13. The highest BCUT2D eigenvalue weighted by Crippen LogP contribution is 2.27. The van der Waals surface area contributed by atoms with Crippen LogP contribution < -0.4 is 5.73 Å². The lowest BCUT2D eigenvalue weighted by molar-refractivity contribution is -0.383. The second-order valence-corrected chi connectivity index (χ2v) is 4.65. The van der Waals surface area contributed by atoms with E-state index in [1.807, 2.05) is 0 Å². The molecule has 5 nitrogen and oxygen atoms in total. The van der Waals surface area contributed by atoms with Crippen molar-refractivity contribution in [3.05, 3.63) is 33.9 Å². The van der Waals surface area contributed by atoms with Gasteiger partial charge in [-0.1, -0.05) is 12.5 Å². The Morgan fingerprint density at radius 1 is 1.53 bits per heavy atom. The van der Waals surface area contributed by atoms with E-state index in [1.165, 1.54) is 25.3 Å². The number of benzene rings is 1. The number of nitrogen functional groups attached to an aromatic ring is 1. The number of nitro groups is 1. The van der Waals surface area contributed by atoms with Gasteiger partial charge in [0.15, 0.2) is 0 Å². The average molecular weight is 235 g/mol. The van der Waals surface area contributed by atoms with E-state index in [0.29, 0.717) is 6.04 Å². The van der Waals surface area contributed by atoms with Crippen molar-refractivity contribution in [3.8, 4) is 0 Å². The lowest BCUT2D eigenvalue weighted by atomic mass is 9.91. The maximum absolute atomic E-state index is 10.6. The van der Waals surface area contributed by atoms with Crippen molar-refractivity contribution in [2.45, 2.75) is 31.8 Å². The van der Waals surface area contributed by atoms with Crippen LogP contribution in [0.15, 0.2) is 18.2 Å². The summed E-state index contributed by atoms with van der Waals surface area (Å²) < 4.78 is 0. The molecule has 0 spiro atoms. The van der Waals surface area contributed by atoms with Crippen molar-refractivity contribution >= 4 is 11.4 Å². The molecule has 1 aliphatic carbocycles. The predicted molar refractivity (Wildman–Crippen MR) is 66.6 cm³/mol. The summed E-state index contributed by atoms with van der Waals surface area (Å²) in [5.74, 6) is 0. The van der Waals surface area contributed by atoms with Crippen LogP contribution in [-0.2, 0) is 6.54 Å². The maximum Gasteiger partial charge on any atom is 0.292 e. The van der Waals surface area contributed by atoms with Crippen molar-refractivity contribution in [1.29, 1.82) is 0 Å². The standard InChI is InChI=1S/C12H17N3O2/c1-14(10-3-2-4-10)8-9-5-6-12(15(16)17)11(13)7-9/h5-7,10H,2-4,8,13H2,1H3. The number of hydrogen-bond donors (Lipinski definition) is 1. The molecule has 0 atom stereocenters. The number of anilines is 1. The molecule has 0 amide bonds. The van der Waals surface area contributed by atoms with Crippen LogP contribution in [0.2, 0.25) is 0 Å². The smallest absolute Gasteiger partial charge is 0.292 e. The van der Waals surface area contributed by atoms with Crippen LogP contribution in [0.3, 0.4) is 0 Å². The Hall–Kier alpha value is -1.62. The molecule has 0 saturated heterocycles. The first kappa shape index (κ1) is 11.9. The van der Waals surface area contributed by atoms with Gasteiger partial charge in [0.2, 0.25) is 0 Å². The van der Waals surface area contributed by atoms with Gasteiger partial charge in [-0.05, 0) is 31.5 Å². The van der Waals surface area contributed by atoms with Gasteiger partial charge < -0.3 is 5.73 Å². The van der Waals surface area contributed by atoms with E-state index in [4.69, 9.17) is 5.73 Å². The van der Waals surface area contributed by atoms with Crippen molar-refractivity contribution in [2.24, 2.45) is 0 Å². The van der Waals surface area contributed by atoms with Crippen molar-refractivity contribution < 1.29 is 4.92 Å². The summed E-state index contributed by atoms with van der Waals surface area (Å²) in [6.45, 7) is 0.798. The summed E-state index contributed by atoms with van der Waals surface area (Å²) in [7, 11) is 2.08. The Balaban J connectivity index is 2.06. The zero-order valence-electron chi connectivity index (χ0n) is 9.93. The molecule has 0 aromatic heterocycles. The second-order valence-electron chi connectivity index (χ2n) is 4.65. The number of nitro benzene ring substituents is 1. The van der Waals surface area contributed by atoms with Crippen molar-refractivity contribution in [2.75, 3.05) is 12.8 Å². The summed E-state index contributed by atoms with van der Waals surface area (Å²) in [4.78, 5) is 12.5. The van der Waals surface area contributed by atoms with Crippen LogP contribution >= 0.6 is 0 Å². The van der Waals surface area contributed by atoms with E-state index in [-0.39, 0.29) is 11.4 Å². The van der Waals surface area contributed by atoms with Gasteiger partial charge in [0.05, 0.1) is 4.92 Å². The molecule has 0 aliphatic heterocycles. The molecule has 0 unspecified atom stereocenters. The molecule has 5 heteroatoms. The quantitative estimate of drug-likeness (QED) is 0.493. The maximum atomic E-state index is 10.6. The molecule has 17 heavy (non-hydrogen) atoms. The molecule has 1 saturated carbocycles. The van der Waals surface area contributed by atoms with Gasteiger partial charge in [0, 0.05) is 18.7 Å². The summed E-state index contributed by atoms with van der Waals surface area (Å²) in [5.41, 5.74) is 6.92. The van der Waals surface area contributed by atoms with Crippen molar-refractivity contribution in [3.63, 3.8) is 0 Å². The van der Waals surface area contributed by atoms with Crippen LogP contribution in [0, 0.1) is 10.1 Å². The number of hydrogen-bond acceptors (Lipinski definition) is 4. The zero-order chi connectivity index (χ0) is 12.4. The number of rotatable bonds is 4. The Morgan fingerprint density at radius 3 is 2.71 bits per heavy atom. The molecule has 0 bridgehead atoms. The van der Waals surface area contributed by atoms with E-state index < -0.39 is 4.92 Å². The fourth-order valence-corrected chi connectivity index (χ4v) is 2.11. The van der Waals surface area contributed by atoms with Gasteiger partial charge in [-0.3, -0.25) is 15.0 Å². The minimum absolute atomic E-state index is 0.0138. The first-order valence-electron chi connectivity index (χ1n) is 5.81. The highest BCUT2D eigenvalue weighted by atomic mass is 16.6. The lowest BCUT2D eigenvalue weighted by Crippen LogP contribution is -2.36. The molecule has 1 aromatic rings. The topological polar surface area (TPSA) is 72.4 Å². The molecule has 2 rings (SSSR count). The Morgan fingerprint density at radius 2 is 2.24 bits per heavy atom. The fourth-order valence-electron chi connectivity index (χ4n) is 2.11. The van der Waals surface area contributed by atoms with Gasteiger partial charge in [-0.2, -0.15) is 0 Å². The predicted octanol–water partition coefficient (Wildman–Crippen LogP) is 2.16. The molecule has 2 N–H and O–H groups in total. The molecule has 1 aromatic carbocycles. The highest BCUT2D eigenvalue weighted by Gasteiger charge is 2.22. The number of nitrogens with two attached hydrogens (primary N) is 1. The minimum Gasteiger partial charge on any atom is -0.393 e. The Bertz CT molecular complexity index is 430. The van der Waals surface area contributed by atoms with E-state index in [0.717, 1.165) is 12.1 Å². The third-order valence-electron chi connectivity index (χ3n) is 3.42. The lowest BCUT2D eigenvalue weighted by Gasteiger charge is -2.34. The molecule has 92 valence electrons. The van der Waals surface area contributed by atoms with E-state index in [9.17, 15) is 10.1 Å². The number of nitrogens with zero attached hydrogens (tertiary/aromatic N) is 2. The van der Waals surface area contributed by atoms with Crippen LogP contribution in [0.25, 0.3) is 0 Å². The zero-order valence-corrected chi connectivity index (χ0v) is 9.93. The summed E-state index contributed by atoms with van der Waals surface area (Å²) in [6, 6.07) is 5.63. The summed E-state index contributed by atoms with van der Waals surface area (Å²) in [6.07, 6.45) is 3.80. The molecular weight excluding hydrogens is 218 g/mol. The molecule has 0 heterocycles. The largest absolute Gasteiger partial charge is 0.393 e. The SMILES string of the molecule is CN(Cc1ccc([N+](=O)[O-])c(N)c1)C1CCC1. The molecule has 1 aliphatic rings. The van der Waals surface area contributed by atoms with E-state index in [1.54, 1.807) is 12.1 Å². The summed E-state index contributed by atoms with van der Waals surface area (Å²) >= 11 is 0. The first-order valence-corrected chi connectivity index (χ1v) is 5.81. The van der Waals surface area contributed by atoms with Gasteiger partial charge in [-0.15, -0.1) is 0 Å². The normalized spacial score (nSPS) is 15.9. The Kier molecular flexibility index (Phi) is 3.28. The van der Waals surface area contributed by atoms with Crippen LogP contribution in [0.1, 0.15) is 24.8 Å². The van der Waals surface area contributed by atoms with Crippen LogP contribution in [-0.4, -0.2) is 22.9 Å². The van der Waals surface area contributed by atoms with E-state index >= 15 is 0 Å². The minimum atomic E-state index is -0.450. The van der Waals surface area contributed by atoms with Crippen LogP contribution in [0.4, 0.5) is 11.4 Å². The second kappa shape index (κ2) is 4.71. The molecule has 0 radical (unpaired) electrons. The monoisotopic (exact) mass is 235 g/mol. The van der Waals surface area contributed by atoms with Gasteiger partial charge >= 0.3 is 0 Å². The van der Waals surface area contributed by atoms with Crippen LogP contribution in [0.5, 0.6) is 0 Å². The summed E-state index contributed by atoms with van der Waals surface area (Å²) in [5, 5.41) is 10.6. The van der Waals surface area contributed by atoms with Gasteiger partial charge in [0.1, 0.15) is 5.69 Å². The van der Waals surface area contributed by atoms with Gasteiger partial charge in [0.25, 0.3) is 5.69 Å². The van der Waals surface area contributed by atoms with Crippen molar-refractivity contribution in [1.82, 2.24) is 4.90 Å². The third-order valence-corrected chi connectivity index (χ3v) is 3.42. The Labute approximate surface area is 100 Å². The fraction of sp³-hybridized carbons (Fsp3) is 0.500. The van der Waals surface area contributed by atoms with Gasteiger partial charge in [-0.25, -0.2) is 0 Å². The molecular formula is C12H17N3O2. The molecule has 1 fully saturated rings. The third kappa shape index (κ3) is 2.55. The van der Waals surface area contributed by atoms with E-state index in [2.05, 4.69) is 11.9 Å². The highest BCUT2D eigenvalue weighted by molar-refractivity contribution is 5.59. The first-order chi connectivity index (χ1) is 8.08.